The first-order valence-corrected chi connectivity index (χ1v) is 10.4. The molecule has 0 amide bonds. The summed E-state index contributed by atoms with van der Waals surface area (Å²) in [5.74, 6) is 4.31. The summed E-state index contributed by atoms with van der Waals surface area (Å²) in [7, 11) is 4.85. The first-order valence-electron chi connectivity index (χ1n) is 10.4. The van der Waals surface area contributed by atoms with Crippen molar-refractivity contribution in [3.05, 3.63) is 41.5 Å². The normalized spacial score (nSPS) is 12.5. The summed E-state index contributed by atoms with van der Waals surface area (Å²) < 4.78 is 27.2. The first-order chi connectivity index (χ1) is 15.2. The maximum absolute atomic E-state index is 5.56. The maximum atomic E-state index is 5.56. The van der Waals surface area contributed by atoms with E-state index in [9.17, 15) is 0 Å². The summed E-state index contributed by atoms with van der Waals surface area (Å²) in [4.78, 5) is 4.69. The average Bonchev–Trinajstić information content (AvgIpc) is 3.26. The first kappa shape index (κ1) is 22.4. The molecule has 3 rings (SSSR count). The van der Waals surface area contributed by atoms with Crippen molar-refractivity contribution in [3.63, 3.8) is 0 Å². The van der Waals surface area contributed by atoms with Crippen LogP contribution >= 0.6 is 0 Å². The van der Waals surface area contributed by atoms with E-state index >= 15 is 0 Å². The Bertz CT molecular complexity index is 901. The summed E-state index contributed by atoms with van der Waals surface area (Å²) in [5.41, 5.74) is 2.20. The zero-order valence-corrected chi connectivity index (χ0v) is 18.6. The second-order valence-corrected chi connectivity index (χ2v) is 6.87. The number of hydrogen-bond acceptors (Lipinski definition) is 6. The highest BCUT2D eigenvalue weighted by molar-refractivity contribution is 5.79. The second-order valence-electron chi connectivity index (χ2n) is 6.87. The number of nitrogens with one attached hydrogen (secondary N) is 2. The zero-order chi connectivity index (χ0) is 22.1. The van der Waals surface area contributed by atoms with Crippen molar-refractivity contribution in [1.82, 2.24) is 10.6 Å². The molecule has 8 nitrogen and oxygen atoms in total. The van der Waals surface area contributed by atoms with E-state index < -0.39 is 0 Å². The lowest BCUT2D eigenvalue weighted by atomic mass is 10.1. The molecule has 1 heterocycles. The van der Waals surface area contributed by atoms with E-state index in [0.717, 1.165) is 42.5 Å². The van der Waals surface area contributed by atoms with Crippen LogP contribution < -0.4 is 34.3 Å². The van der Waals surface area contributed by atoms with Crippen LogP contribution in [0.1, 0.15) is 18.1 Å². The van der Waals surface area contributed by atoms with Crippen LogP contribution in [0.3, 0.4) is 0 Å². The Hall–Kier alpha value is -3.29. The number of fused-ring (bicyclic) bond motifs is 1. The van der Waals surface area contributed by atoms with Gasteiger partial charge in [-0.15, -0.1) is 0 Å². The third kappa shape index (κ3) is 5.65. The van der Waals surface area contributed by atoms with Crippen LogP contribution in [-0.4, -0.2) is 53.7 Å². The van der Waals surface area contributed by atoms with Crippen molar-refractivity contribution in [1.29, 1.82) is 0 Å². The Balaban J connectivity index is 1.57. The van der Waals surface area contributed by atoms with Crippen molar-refractivity contribution in [2.24, 2.45) is 4.99 Å². The topological polar surface area (TPSA) is 82.6 Å². The SMILES string of the molecule is CCNC(=NCCc1ccc(OC)c(OC)c1OC)NCCc1ccc2c(c1)OCO2. The number of guanidine groups is 1. The molecule has 8 heteroatoms. The summed E-state index contributed by atoms with van der Waals surface area (Å²) in [6.07, 6.45) is 1.56. The van der Waals surface area contributed by atoms with E-state index in [0.29, 0.717) is 37.0 Å². The van der Waals surface area contributed by atoms with Gasteiger partial charge < -0.3 is 34.3 Å². The molecule has 0 bridgehead atoms. The van der Waals surface area contributed by atoms with Gasteiger partial charge in [0.2, 0.25) is 12.5 Å². The van der Waals surface area contributed by atoms with Crippen molar-refractivity contribution < 1.29 is 23.7 Å². The van der Waals surface area contributed by atoms with Crippen molar-refractivity contribution >= 4 is 5.96 Å². The zero-order valence-electron chi connectivity index (χ0n) is 18.6. The number of rotatable bonds is 10. The van der Waals surface area contributed by atoms with E-state index in [1.165, 1.54) is 5.56 Å². The Labute approximate surface area is 183 Å². The smallest absolute Gasteiger partial charge is 0.231 e. The van der Waals surface area contributed by atoms with Crippen LogP contribution in [0.2, 0.25) is 0 Å². The fraction of sp³-hybridized carbons (Fsp3) is 0.435. The van der Waals surface area contributed by atoms with Gasteiger partial charge in [-0.1, -0.05) is 12.1 Å². The minimum atomic E-state index is 0.291. The molecular weight excluding hydrogens is 398 g/mol. The molecule has 31 heavy (non-hydrogen) atoms. The standard InChI is InChI=1S/C23H31N3O5/c1-5-24-23(25-12-10-16-6-8-18-20(14-16)31-15-30-18)26-13-11-17-7-9-19(27-2)22(29-4)21(17)28-3/h6-9,14H,5,10-13,15H2,1-4H3,(H2,24,25,26). The van der Waals surface area contributed by atoms with Crippen LogP contribution in [0.5, 0.6) is 28.7 Å². The molecule has 0 saturated heterocycles. The predicted molar refractivity (Wildman–Crippen MR) is 120 cm³/mol. The summed E-state index contributed by atoms with van der Waals surface area (Å²) in [6, 6.07) is 9.90. The van der Waals surface area contributed by atoms with Crippen molar-refractivity contribution in [2.45, 2.75) is 19.8 Å². The number of aliphatic imine (C=N–C) groups is 1. The molecule has 0 radical (unpaired) electrons. The van der Waals surface area contributed by atoms with Crippen LogP contribution in [0.15, 0.2) is 35.3 Å². The van der Waals surface area contributed by atoms with Gasteiger partial charge in [-0.2, -0.15) is 0 Å². The lowest BCUT2D eigenvalue weighted by Crippen LogP contribution is -2.38. The molecule has 1 aliphatic rings. The monoisotopic (exact) mass is 429 g/mol. The van der Waals surface area contributed by atoms with Crippen molar-refractivity contribution in [3.8, 4) is 28.7 Å². The van der Waals surface area contributed by atoms with Crippen molar-refractivity contribution in [2.75, 3.05) is 47.8 Å². The number of hydrogen-bond donors (Lipinski definition) is 2. The molecule has 0 aliphatic carbocycles. The Morgan fingerprint density at radius 2 is 1.74 bits per heavy atom. The summed E-state index contributed by atoms with van der Waals surface area (Å²) in [5, 5.41) is 6.67. The minimum Gasteiger partial charge on any atom is -0.493 e. The Morgan fingerprint density at radius 1 is 0.935 bits per heavy atom. The number of benzene rings is 2. The highest BCUT2D eigenvalue weighted by atomic mass is 16.7. The van der Waals surface area contributed by atoms with Gasteiger partial charge in [-0.3, -0.25) is 4.99 Å². The molecule has 0 atom stereocenters. The van der Waals surface area contributed by atoms with Gasteiger partial charge in [-0.25, -0.2) is 0 Å². The molecule has 0 spiro atoms. The molecule has 2 aromatic rings. The fourth-order valence-corrected chi connectivity index (χ4v) is 3.41. The number of nitrogens with zero attached hydrogens (tertiary/aromatic N) is 1. The minimum absolute atomic E-state index is 0.291. The van der Waals surface area contributed by atoms with E-state index in [1.54, 1.807) is 21.3 Å². The van der Waals surface area contributed by atoms with E-state index in [2.05, 4.69) is 16.7 Å². The third-order valence-electron chi connectivity index (χ3n) is 4.92. The molecular formula is C23H31N3O5. The van der Waals surface area contributed by atoms with Crippen LogP contribution in [0.4, 0.5) is 0 Å². The number of methoxy groups -OCH3 is 3. The lowest BCUT2D eigenvalue weighted by molar-refractivity contribution is 0.174. The molecule has 0 saturated carbocycles. The molecule has 0 unspecified atom stereocenters. The van der Waals surface area contributed by atoms with Gasteiger partial charge in [0.15, 0.2) is 29.0 Å². The van der Waals surface area contributed by atoms with Gasteiger partial charge >= 0.3 is 0 Å². The Kier molecular flexibility index (Phi) is 8.09. The largest absolute Gasteiger partial charge is 0.493 e. The Morgan fingerprint density at radius 3 is 2.48 bits per heavy atom. The van der Waals surface area contributed by atoms with Crippen LogP contribution in [0.25, 0.3) is 0 Å². The average molecular weight is 430 g/mol. The molecule has 0 fully saturated rings. The molecule has 1 aliphatic heterocycles. The lowest BCUT2D eigenvalue weighted by Gasteiger charge is -2.15. The van der Waals surface area contributed by atoms with Gasteiger partial charge in [0.1, 0.15) is 0 Å². The van der Waals surface area contributed by atoms with Gasteiger partial charge in [0.25, 0.3) is 0 Å². The highest BCUT2D eigenvalue weighted by Gasteiger charge is 2.15. The summed E-state index contributed by atoms with van der Waals surface area (Å²) >= 11 is 0. The number of ether oxygens (including phenoxy) is 5. The van der Waals surface area contributed by atoms with Gasteiger partial charge in [0, 0.05) is 25.2 Å². The molecule has 2 N–H and O–H groups in total. The van der Waals surface area contributed by atoms with E-state index in [-0.39, 0.29) is 0 Å². The molecule has 2 aromatic carbocycles. The van der Waals surface area contributed by atoms with Crippen LogP contribution in [0, 0.1) is 0 Å². The molecule has 0 aromatic heterocycles. The van der Waals surface area contributed by atoms with E-state index in [1.807, 2.05) is 31.2 Å². The van der Waals surface area contributed by atoms with Gasteiger partial charge in [-0.05, 0) is 43.5 Å². The highest BCUT2D eigenvalue weighted by Crippen LogP contribution is 2.39. The van der Waals surface area contributed by atoms with Gasteiger partial charge in [0.05, 0.1) is 21.3 Å². The summed E-state index contributed by atoms with van der Waals surface area (Å²) in [6.45, 7) is 4.48. The van der Waals surface area contributed by atoms with E-state index in [4.69, 9.17) is 28.7 Å². The fourth-order valence-electron chi connectivity index (χ4n) is 3.41. The quantitative estimate of drug-likeness (QED) is 0.444. The second kappa shape index (κ2) is 11.2. The maximum Gasteiger partial charge on any atom is 0.231 e. The van der Waals surface area contributed by atoms with Crippen LogP contribution in [-0.2, 0) is 12.8 Å². The molecule has 168 valence electrons. The third-order valence-corrected chi connectivity index (χ3v) is 4.92. The predicted octanol–water partition coefficient (Wildman–Crippen LogP) is 2.78.